The summed E-state index contributed by atoms with van der Waals surface area (Å²) in [5, 5.41) is 4.07. The van der Waals surface area contributed by atoms with E-state index in [1.807, 2.05) is 16.7 Å². The number of likely N-dealkylation sites (tertiary alicyclic amines) is 2. The topological polar surface area (TPSA) is 108 Å². The number of amides is 3. The molecule has 0 aliphatic carbocycles. The number of aromatic nitrogens is 2. The molecule has 3 aliphatic heterocycles. The zero-order valence-electron chi connectivity index (χ0n) is 18.8. The molecule has 32 heavy (non-hydrogen) atoms. The highest BCUT2D eigenvalue weighted by Gasteiger charge is 2.31. The Hall–Kier alpha value is -2.84. The number of aryl methyl sites for hydroxylation is 1. The maximum absolute atomic E-state index is 13.0. The van der Waals surface area contributed by atoms with E-state index >= 15 is 0 Å². The zero-order valence-corrected chi connectivity index (χ0v) is 18.8. The zero-order chi connectivity index (χ0) is 22.5. The van der Waals surface area contributed by atoms with Gasteiger partial charge >= 0.3 is 0 Å². The van der Waals surface area contributed by atoms with Crippen LogP contribution in [0.15, 0.2) is 11.3 Å². The van der Waals surface area contributed by atoms with Gasteiger partial charge in [-0.25, -0.2) is 15.4 Å². The number of piperidine rings is 2. The molecule has 0 saturated carbocycles. The van der Waals surface area contributed by atoms with E-state index < -0.39 is 0 Å². The first kappa shape index (κ1) is 22.4. The summed E-state index contributed by atoms with van der Waals surface area (Å²) < 4.78 is 0. The van der Waals surface area contributed by atoms with Gasteiger partial charge in [0.2, 0.25) is 11.8 Å². The molecule has 0 radical (unpaired) electrons. The molecule has 2 fully saturated rings. The Balaban J connectivity index is 1.43. The van der Waals surface area contributed by atoms with Crippen molar-refractivity contribution in [1.82, 2.24) is 25.2 Å². The van der Waals surface area contributed by atoms with Crippen molar-refractivity contribution in [1.29, 1.82) is 0 Å². The predicted molar refractivity (Wildman–Crippen MR) is 119 cm³/mol. The van der Waals surface area contributed by atoms with Crippen molar-refractivity contribution >= 4 is 23.4 Å². The highest BCUT2D eigenvalue weighted by molar-refractivity contribution is 5.95. The second-order valence-corrected chi connectivity index (χ2v) is 8.89. The van der Waals surface area contributed by atoms with Crippen molar-refractivity contribution in [3.05, 3.63) is 23.3 Å². The van der Waals surface area contributed by atoms with Crippen molar-refractivity contribution in [3.63, 3.8) is 0 Å². The van der Waals surface area contributed by atoms with Crippen LogP contribution in [0.25, 0.3) is 0 Å². The van der Waals surface area contributed by atoms with Gasteiger partial charge in [0.15, 0.2) is 5.82 Å². The van der Waals surface area contributed by atoms with Crippen LogP contribution in [0.2, 0.25) is 0 Å². The largest absolute Gasteiger partial charge is 0.339 e. The number of carbonyl (C=O) groups is 3. The van der Waals surface area contributed by atoms with Crippen LogP contribution < -0.4 is 5.43 Å². The monoisotopic (exact) mass is 440 g/mol. The van der Waals surface area contributed by atoms with Gasteiger partial charge in [0.05, 0.1) is 17.3 Å². The molecule has 1 N–H and O–H groups in total. The number of nitrogens with one attached hydrogen (secondary N) is 1. The van der Waals surface area contributed by atoms with Crippen molar-refractivity contribution in [2.45, 2.75) is 77.2 Å². The molecule has 1 atom stereocenters. The number of hydrogen-bond acceptors (Lipinski definition) is 6. The summed E-state index contributed by atoms with van der Waals surface area (Å²) in [7, 11) is 0. The van der Waals surface area contributed by atoms with E-state index in [2.05, 4.69) is 20.5 Å². The minimum absolute atomic E-state index is 0.00525. The van der Waals surface area contributed by atoms with Crippen LogP contribution >= 0.6 is 0 Å². The van der Waals surface area contributed by atoms with Crippen LogP contribution in [0.3, 0.4) is 0 Å². The van der Waals surface area contributed by atoms with Gasteiger partial charge < -0.3 is 9.80 Å². The van der Waals surface area contributed by atoms with Gasteiger partial charge in [-0.1, -0.05) is 0 Å². The summed E-state index contributed by atoms with van der Waals surface area (Å²) in [6.45, 7) is 4.12. The van der Waals surface area contributed by atoms with E-state index in [1.165, 1.54) is 6.42 Å². The van der Waals surface area contributed by atoms with E-state index in [1.54, 1.807) is 6.20 Å². The van der Waals surface area contributed by atoms with E-state index in [-0.39, 0.29) is 23.8 Å². The van der Waals surface area contributed by atoms with E-state index in [0.717, 1.165) is 50.9 Å². The predicted octanol–water partition coefficient (Wildman–Crippen LogP) is 2.51. The number of hydrazone groups is 1. The molecule has 1 aromatic rings. The van der Waals surface area contributed by atoms with Crippen LogP contribution in [-0.2, 0) is 9.59 Å². The Kier molecular flexibility index (Phi) is 7.12. The lowest BCUT2D eigenvalue weighted by Crippen LogP contribution is -2.40. The van der Waals surface area contributed by atoms with Gasteiger partial charge in [0, 0.05) is 44.4 Å². The molecule has 4 heterocycles. The third-order valence-electron chi connectivity index (χ3n) is 6.60. The molecule has 4 rings (SSSR count). The summed E-state index contributed by atoms with van der Waals surface area (Å²) in [6.07, 6.45) is 9.64. The molecule has 172 valence electrons. The van der Waals surface area contributed by atoms with Gasteiger partial charge in [-0.15, -0.1) is 0 Å². The van der Waals surface area contributed by atoms with E-state index in [4.69, 9.17) is 0 Å². The van der Waals surface area contributed by atoms with Gasteiger partial charge in [-0.2, -0.15) is 5.10 Å². The third kappa shape index (κ3) is 5.14. The van der Waals surface area contributed by atoms with Crippen molar-refractivity contribution in [2.24, 2.45) is 5.10 Å². The molecule has 9 nitrogen and oxygen atoms in total. The van der Waals surface area contributed by atoms with Gasteiger partial charge in [-0.3, -0.25) is 14.4 Å². The third-order valence-corrected chi connectivity index (χ3v) is 6.60. The number of rotatable bonds is 5. The Morgan fingerprint density at radius 3 is 2.59 bits per heavy atom. The number of nitrogens with zero attached hydrogens (tertiary/aromatic N) is 5. The molecule has 9 heteroatoms. The fraction of sp³-hybridized carbons (Fsp3) is 0.652. The Morgan fingerprint density at radius 1 is 1.09 bits per heavy atom. The summed E-state index contributed by atoms with van der Waals surface area (Å²) >= 11 is 0. The molecule has 0 aromatic carbocycles. The summed E-state index contributed by atoms with van der Waals surface area (Å²) in [5.41, 5.74) is 4.58. The van der Waals surface area contributed by atoms with Crippen LogP contribution in [0.4, 0.5) is 0 Å². The Morgan fingerprint density at radius 2 is 1.88 bits per heavy atom. The molecule has 3 aliphatic rings. The average Bonchev–Trinajstić information content (AvgIpc) is 2.83. The summed E-state index contributed by atoms with van der Waals surface area (Å²) in [5.74, 6) is 0.605. The molecule has 0 bridgehead atoms. The van der Waals surface area contributed by atoms with Gasteiger partial charge in [0.25, 0.3) is 5.91 Å². The Labute approximate surface area is 188 Å². The molecule has 1 aromatic heterocycles. The fourth-order valence-corrected chi connectivity index (χ4v) is 4.71. The quantitative estimate of drug-likeness (QED) is 0.757. The highest BCUT2D eigenvalue weighted by Crippen LogP contribution is 2.30. The molecular weight excluding hydrogens is 408 g/mol. The van der Waals surface area contributed by atoms with Crippen molar-refractivity contribution < 1.29 is 14.4 Å². The van der Waals surface area contributed by atoms with Crippen LogP contribution in [-0.4, -0.2) is 62.8 Å². The molecule has 2 saturated heterocycles. The van der Waals surface area contributed by atoms with Crippen LogP contribution in [0.5, 0.6) is 0 Å². The first-order valence-corrected chi connectivity index (χ1v) is 11.8. The van der Waals surface area contributed by atoms with Crippen LogP contribution in [0, 0.1) is 6.92 Å². The molecule has 3 amide bonds. The van der Waals surface area contributed by atoms with E-state index in [0.29, 0.717) is 49.3 Å². The SMILES string of the molecule is Cc1nc([C@H]2CCCCN2C(=O)CCC2=NNC(=O)CC2)ncc1C(=O)N1CCCCC1. The lowest BCUT2D eigenvalue weighted by atomic mass is 9.99. The lowest BCUT2D eigenvalue weighted by molar-refractivity contribution is -0.135. The molecule has 0 unspecified atom stereocenters. The maximum Gasteiger partial charge on any atom is 0.257 e. The summed E-state index contributed by atoms with van der Waals surface area (Å²) in [6, 6.07) is -0.165. The lowest BCUT2D eigenvalue weighted by Gasteiger charge is -2.35. The minimum Gasteiger partial charge on any atom is -0.339 e. The van der Waals surface area contributed by atoms with Crippen LogP contribution in [0.1, 0.15) is 92.1 Å². The fourth-order valence-electron chi connectivity index (χ4n) is 4.71. The second kappa shape index (κ2) is 10.2. The normalized spacial score (nSPS) is 21.7. The number of carbonyl (C=O) groups excluding carboxylic acids is 3. The number of hydrogen-bond donors (Lipinski definition) is 1. The van der Waals surface area contributed by atoms with Gasteiger partial charge in [-0.05, 0) is 58.3 Å². The summed E-state index contributed by atoms with van der Waals surface area (Å²) in [4.78, 5) is 50.1. The van der Waals surface area contributed by atoms with E-state index in [9.17, 15) is 14.4 Å². The molecule has 0 spiro atoms. The first-order chi connectivity index (χ1) is 15.5. The molecular formula is C23H32N6O3. The van der Waals surface area contributed by atoms with Crippen molar-refractivity contribution in [3.8, 4) is 0 Å². The maximum atomic E-state index is 13.0. The minimum atomic E-state index is -0.165. The first-order valence-electron chi connectivity index (χ1n) is 11.8. The highest BCUT2D eigenvalue weighted by atomic mass is 16.2. The average molecular weight is 441 g/mol. The second-order valence-electron chi connectivity index (χ2n) is 8.89. The van der Waals surface area contributed by atoms with Crippen molar-refractivity contribution in [2.75, 3.05) is 19.6 Å². The van der Waals surface area contributed by atoms with Gasteiger partial charge in [0.1, 0.15) is 0 Å². The Bertz CT molecular complexity index is 909. The smallest absolute Gasteiger partial charge is 0.257 e. The standard InChI is InChI=1S/C23H32N6O3/c1-16-18(23(32)28-12-4-2-5-13-28)15-24-22(25-16)19-7-3-6-14-29(19)21(31)11-9-17-8-10-20(30)27-26-17/h15,19H,2-14H2,1H3,(H,27,30)/t19-/m1/s1.